The Kier molecular flexibility index (Phi) is 10.6. The minimum atomic E-state index is -3.97. The number of aryl methyl sites for hydroxylation is 1. The van der Waals surface area contributed by atoms with Crippen molar-refractivity contribution >= 4 is 51.5 Å². The van der Waals surface area contributed by atoms with Crippen LogP contribution in [0.2, 0.25) is 0 Å². The summed E-state index contributed by atoms with van der Waals surface area (Å²) in [7, 11) is 2.07. The van der Waals surface area contributed by atoms with Gasteiger partial charge in [-0.25, -0.2) is 18.2 Å². The maximum atomic E-state index is 13.2. The van der Waals surface area contributed by atoms with Gasteiger partial charge in [-0.3, -0.25) is 19.5 Å². The Balaban J connectivity index is 1.43. The number of carbonyl (C=O) groups excluding carboxylic acids is 2. The third-order valence-corrected chi connectivity index (χ3v) is 9.58. The zero-order valence-electron chi connectivity index (χ0n) is 26.2. The molecule has 0 saturated carbocycles. The van der Waals surface area contributed by atoms with E-state index in [1.165, 1.54) is 37.7 Å². The highest BCUT2D eigenvalue weighted by Gasteiger charge is 2.37. The Bertz CT molecular complexity index is 1730. The Morgan fingerprint density at radius 3 is 2.41 bits per heavy atom. The van der Waals surface area contributed by atoms with E-state index in [4.69, 9.17) is 4.74 Å². The van der Waals surface area contributed by atoms with Crippen LogP contribution in [0.25, 0.3) is 0 Å². The van der Waals surface area contributed by atoms with Crippen LogP contribution in [0.5, 0.6) is 5.75 Å². The first kappa shape index (κ1) is 33.9. The first-order valence-electron chi connectivity index (χ1n) is 14.3. The summed E-state index contributed by atoms with van der Waals surface area (Å²) in [6.45, 7) is 2.04. The van der Waals surface area contributed by atoms with Gasteiger partial charge in [0.2, 0.25) is 15.9 Å². The molecule has 0 spiro atoms. The number of carbonyl (C=O) groups is 3. The number of anilines is 3. The lowest BCUT2D eigenvalue weighted by Crippen LogP contribution is -2.40. The van der Waals surface area contributed by atoms with Crippen LogP contribution in [-0.2, 0) is 26.0 Å². The summed E-state index contributed by atoms with van der Waals surface area (Å²) < 4.78 is 32.9. The minimum Gasteiger partial charge on any atom is -0.495 e. The number of hydrogen-bond acceptors (Lipinski definition) is 9. The number of rotatable bonds is 12. The number of aliphatic carboxylic acids is 1. The van der Waals surface area contributed by atoms with Crippen molar-refractivity contribution in [3.63, 3.8) is 0 Å². The fraction of sp³-hybridized carbons (Fsp3) is 0.323. The van der Waals surface area contributed by atoms with Gasteiger partial charge in [-0.2, -0.15) is 4.31 Å². The van der Waals surface area contributed by atoms with E-state index in [9.17, 15) is 27.9 Å². The molecule has 1 aliphatic rings. The van der Waals surface area contributed by atoms with Crippen LogP contribution in [0.15, 0.2) is 65.8 Å². The summed E-state index contributed by atoms with van der Waals surface area (Å²) >= 11 is 0. The van der Waals surface area contributed by atoms with Gasteiger partial charge in [0.15, 0.2) is 5.37 Å². The topological polar surface area (TPSA) is 174 Å². The van der Waals surface area contributed by atoms with Crippen molar-refractivity contribution in [1.82, 2.24) is 14.2 Å². The van der Waals surface area contributed by atoms with Gasteiger partial charge in [0.25, 0.3) is 0 Å². The fourth-order valence-corrected chi connectivity index (χ4v) is 6.41. The first-order chi connectivity index (χ1) is 21.8. The van der Waals surface area contributed by atoms with Gasteiger partial charge in [-0.05, 0) is 47.9 Å². The Hall–Kier alpha value is -5.02. The Morgan fingerprint density at radius 1 is 1.09 bits per heavy atom. The van der Waals surface area contributed by atoms with Gasteiger partial charge in [-0.1, -0.05) is 30.3 Å². The van der Waals surface area contributed by atoms with E-state index < -0.39 is 39.9 Å². The number of pyridine rings is 1. The number of aliphatic imine (C=N–C) groups is 1. The van der Waals surface area contributed by atoms with Crippen LogP contribution in [-0.4, -0.2) is 92.1 Å². The molecule has 3 N–H and O–H groups in total. The molecular formula is C31H37N7O7S. The van der Waals surface area contributed by atoms with Crippen molar-refractivity contribution < 1.29 is 32.6 Å². The molecule has 2 unspecified atom stereocenters. The number of nitrogens with zero attached hydrogens (tertiary/aromatic N) is 5. The molecule has 0 bridgehead atoms. The van der Waals surface area contributed by atoms with E-state index in [1.54, 1.807) is 49.3 Å². The summed E-state index contributed by atoms with van der Waals surface area (Å²) in [6, 6.07) is 14.0. The molecule has 1 aromatic heterocycles. The van der Waals surface area contributed by atoms with Crippen molar-refractivity contribution in [3.05, 3.63) is 77.5 Å². The van der Waals surface area contributed by atoms with Crippen molar-refractivity contribution in [2.24, 2.45) is 4.99 Å². The molecule has 46 heavy (non-hydrogen) atoms. The summed E-state index contributed by atoms with van der Waals surface area (Å²) in [5.74, 6) is -0.827. The van der Waals surface area contributed by atoms with Crippen molar-refractivity contribution in [2.75, 3.05) is 50.3 Å². The van der Waals surface area contributed by atoms with E-state index in [-0.39, 0.29) is 24.7 Å². The maximum Gasteiger partial charge on any atom is 0.323 e. The normalized spacial score (nSPS) is 15.0. The molecule has 3 amide bonds. The van der Waals surface area contributed by atoms with Gasteiger partial charge in [-0.15, -0.1) is 0 Å². The van der Waals surface area contributed by atoms with E-state index >= 15 is 0 Å². The van der Waals surface area contributed by atoms with E-state index in [1.807, 2.05) is 25.1 Å². The lowest BCUT2D eigenvalue weighted by molar-refractivity contribution is -0.138. The van der Waals surface area contributed by atoms with Crippen LogP contribution in [0.3, 0.4) is 0 Å². The van der Waals surface area contributed by atoms with Gasteiger partial charge in [0, 0.05) is 33.0 Å². The highest BCUT2D eigenvalue weighted by molar-refractivity contribution is 7.89. The summed E-state index contributed by atoms with van der Waals surface area (Å²) in [5.41, 5.74) is 2.99. The molecule has 4 rings (SSSR count). The van der Waals surface area contributed by atoms with Crippen LogP contribution in [0.1, 0.15) is 29.2 Å². The average Bonchev–Trinajstić information content (AvgIpc) is 3.48. The zero-order valence-corrected chi connectivity index (χ0v) is 27.0. The fourth-order valence-electron chi connectivity index (χ4n) is 4.84. The molecule has 14 nitrogen and oxygen atoms in total. The summed E-state index contributed by atoms with van der Waals surface area (Å²) in [5, 5.41) is 14.0. The van der Waals surface area contributed by atoms with Gasteiger partial charge in [0.1, 0.15) is 11.6 Å². The van der Waals surface area contributed by atoms with Gasteiger partial charge < -0.3 is 25.4 Å². The standard InChI is InChI=1S/C31H37N7O7S/c1-20-8-6-7-9-23(20)34-31(42)35-24-12-10-21(14-26(24)45-5)15-29(39)37(3)27-13-11-22(17-32-27)25(16-30(40)41)38(4)46(43,44)28-18-36(2)19-33-28/h6-14,17,19,25,28H,15-16,18H2,1-5H3,(H,40,41)(H2,34,35,42). The number of para-hydroxylation sites is 1. The number of hydrogen-bond donors (Lipinski definition) is 3. The number of nitrogens with one attached hydrogen (secondary N) is 2. The number of carboxylic acid groups (broad SMARTS) is 1. The van der Waals surface area contributed by atoms with Crippen LogP contribution < -0.4 is 20.3 Å². The number of carboxylic acids is 1. The van der Waals surface area contributed by atoms with Gasteiger partial charge >= 0.3 is 12.0 Å². The molecular weight excluding hydrogens is 614 g/mol. The second-order valence-corrected chi connectivity index (χ2v) is 13.0. The largest absolute Gasteiger partial charge is 0.495 e. The molecule has 3 aromatic rings. The number of sulfonamides is 1. The number of benzene rings is 2. The predicted octanol–water partition coefficient (Wildman–Crippen LogP) is 3.33. The van der Waals surface area contributed by atoms with Crippen molar-refractivity contribution in [2.45, 2.75) is 31.2 Å². The number of methoxy groups -OCH3 is 1. The molecule has 0 radical (unpaired) electrons. The average molecular weight is 652 g/mol. The number of amides is 3. The number of urea groups is 1. The molecule has 0 fully saturated rings. The maximum absolute atomic E-state index is 13.2. The molecule has 2 atom stereocenters. The molecule has 2 aromatic carbocycles. The van der Waals surface area contributed by atoms with E-state index in [2.05, 4.69) is 20.6 Å². The van der Waals surface area contributed by atoms with E-state index in [0.717, 1.165) is 9.87 Å². The second kappa shape index (κ2) is 14.4. The number of aromatic nitrogens is 1. The number of likely N-dealkylation sites (N-methyl/N-ethyl adjacent to an activating group) is 2. The number of ether oxygens (including phenoxy) is 1. The van der Waals surface area contributed by atoms with Crippen molar-refractivity contribution in [3.8, 4) is 5.75 Å². The lowest BCUT2D eigenvalue weighted by atomic mass is 10.1. The lowest BCUT2D eigenvalue weighted by Gasteiger charge is -2.28. The Labute approximate surface area is 267 Å². The molecule has 15 heteroatoms. The van der Waals surface area contributed by atoms with Crippen LogP contribution in [0, 0.1) is 6.92 Å². The van der Waals surface area contributed by atoms with E-state index in [0.29, 0.717) is 28.3 Å². The van der Waals surface area contributed by atoms with Crippen LogP contribution in [0.4, 0.5) is 22.0 Å². The smallest absolute Gasteiger partial charge is 0.323 e. The molecule has 244 valence electrons. The third-order valence-electron chi connectivity index (χ3n) is 7.56. The quantitative estimate of drug-likeness (QED) is 0.265. The zero-order chi connectivity index (χ0) is 33.6. The first-order valence-corrected chi connectivity index (χ1v) is 15.8. The minimum absolute atomic E-state index is 0.00898. The Morgan fingerprint density at radius 2 is 1.80 bits per heavy atom. The molecule has 0 saturated heterocycles. The highest BCUT2D eigenvalue weighted by Crippen LogP contribution is 2.30. The molecule has 1 aliphatic heterocycles. The summed E-state index contributed by atoms with van der Waals surface area (Å²) in [4.78, 5) is 48.8. The SMILES string of the molecule is COc1cc(CC(=O)N(C)c2ccc(C(CC(=O)O)N(C)S(=O)(=O)C3CN(C)C=N3)cn2)ccc1NC(=O)Nc1ccccc1C. The highest BCUT2D eigenvalue weighted by atomic mass is 32.2. The third kappa shape index (κ3) is 7.97. The monoisotopic (exact) mass is 651 g/mol. The summed E-state index contributed by atoms with van der Waals surface area (Å²) in [6.07, 6.45) is 2.30. The molecule has 2 heterocycles. The van der Waals surface area contributed by atoms with Gasteiger partial charge in [0.05, 0.1) is 44.6 Å². The molecule has 0 aliphatic carbocycles. The van der Waals surface area contributed by atoms with Crippen LogP contribution >= 0.6 is 0 Å². The van der Waals surface area contributed by atoms with Crippen molar-refractivity contribution in [1.29, 1.82) is 0 Å². The predicted molar refractivity (Wildman–Crippen MR) is 175 cm³/mol. The second-order valence-electron chi connectivity index (χ2n) is 10.8.